The quantitative estimate of drug-likeness (QED) is 0.508. The zero-order chi connectivity index (χ0) is 7.56. The van der Waals surface area contributed by atoms with E-state index in [0.717, 1.165) is 19.4 Å². The molecule has 3 heteroatoms. The molecule has 1 fully saturated rings. The van der Waals surface area contributed by atoms with Crippen molar-refractivity contribution in [3.05, 3.63) is 0 Å². The Hall–Kier alpha value is 0.270. The summed E-state index contributed by atoms with van der Waals surface area (Å²) < 4.78 is 0. The van der Waals surface area contributed by atoms with Crippen molar-refractivity contribution in [3.63, 3.8) is 0 Å². The van der Waals surface area contributed by atoms with E-state index in [1.807, 2.05) is 7.05 Å². The molecule has 0 unspecified atom stereocenters. The summed E-state index contributed by atoms with van der Waals surface area (Å²) in [5.74, 6) is 0.627. The van der Waals surface area contributed by atoms with E-state index in [0.29, 0.717) is 5.92 Å². The molecule has 0 bridgehead atoms. The van der Waals surface area contributed by atoms with Gasteiger partial charge in [0.05, 0.1) is 6.10 Å². The normalized spacial score (nSPS) is 40.5. The highest BCUT2D eigenvalue weighted by atomic mass is 32.1. The summed E-state index contributed by atoms with van der Waals surface area (Å²) >= 11 is 4.26. The Morgan fingerprint density at radius 2 is 2.30 bits per heavy atom. The van der Waals surface area contributed by atoms with Crippen LogP contribution in [0.1, 0.15) is 12.8 Å². The summed E-state index contributed by atoms with van der Waals surface area (Å²) in [6.45, 7) is 1.01. The molecule has 10 heavy (non-hydrogen) atoms. The first-order valence-corrected chi connectivity index (χ1v) is 4.26. The van der Waals surface area contributed by atoms with Crippen molar-refractivity contribution in [3.8, 4) is 0 Å². The molecular weight excluding hydrogens is 146 g/mol. The van der Waals surface area contributed by atoms with Crippen LogP contribution in [0.25, 0.3) is 0 Å². The van der Waals surface area contributed by atoms with Crippen LogP contribution >= 0.6 is 12.6 Å². The maximum atomic E-state index is 9.29. The van der Waals surface area contributed by atoms with Gasteiger partial charge in [0.25, 0.3) is 0 Å². The predicted molar refractivity (Wildman–Crippen MR) is 45.4 cm³/mol. The molecule has 1 aliphatic carbocycles. The molecule has 0 heterocycles. The summed E-state index contributed by atoms with van der Waals surface area (Å²) in [6, 6.07) is 0. The number of hydrogen-bond donors (Lipinski definition) is 3. The number of thiol groups is 1. The minimum Gasteiger partial charge on any atom is -0.392 e. The molecule has 0 saturated heterocycles. The van der Waals surface area contributed by atoms with Gasteiger partial charge in [-0.25, -0.2) is 0 Å². The van der Waals surface area contributed by atoms with Gasteiger partial charge in [-0.2, -0.15) is 12.6 Å². The largest absolute Gasteiger partial charge is 0.392 e. The van der Waals surface area contributed by atoms with Crippen molar-refractivity contribution in [1.29, 1.82) is 0 Å². The van der Waals surface area contributed by atoms with Gasteiger partial charge >= 0.3 is 0 Å². The van der Waals surface area contributed by atoms with Gasteiger partial charge in [0.1, 0.15) is 0 Å². The highest BCUT2D eigenvalue weighted by molar-refractivity contribution is 7.81. The molecular formula is C7H15NOS. The van der Waals surface area contributed by atoms with Crippen molar-refractivity contribution >= 4 is 12.6 Å². The highest BCUT2D eigenvalue weighted by Gasteiger charge is 2.29. The Labute approximate surface area is 67.4 Å². The highest BCUT2D eigenvalue weighted by Crippen LogP contribution is 2.28. The number of rotatable bonds is 2. The van der Waals surface area contributed by atoms with Crippen molar-refractivity contribution in [2.45, 2.75) is 24.2 Å². The zero-order valence-electron chi connectivity index (χ0n) is 6.25. The average molecular weight is 161 g/mol. The van der Waals surface area contributed by atoms with E-state index in [1.54, 1.807) is 0 Å². The Balaban J connectivity index is 2.27. The Morgan fingerprint density at radius 1 is 1.60 bits per heavy atom. The van der Waals surface area contributed by atoms with Gasteiger partial charge in [0, 0.05) is 5.25 Å². The summed E-state index contributed by atoms with van der Waals surface area (Å²) in [4.78, 5) is 0. The smallest absolute Gasteiger partial charge is 0.0659 e. The van der Waals surface area contributed by atoms with E-state index in [1.165, 1.54) is 0 Å². The van der Waals surface area contributed by atoms with Crippen LogP contribution in [0.2, 0.25) is 0 Å². The van der Waals surface area contributed by atoms with E-state index in [9.17, 15) is 5.11 Å². The lowest BCUT2D eigenvalue weighted by Crippen LogP contribution is -2.16. The second kappa shape index (κ2) is 3.60. The zero-order valence-corrected chi connectivity index (χ0v) is 7.14. The standard InChI is InChI=1S/C7H15NOS/c1-8-4-5-2-6(9)7(10)3-5/h5-10H,2-4H2,1H3/t5-,6-,7-/m0/s1. The maximum Gasteiger partial charge on any atom is 0.0659 e. The lowest BCUT2D eigenvalue weighted by atomic mass is 10.1. The van der Waals surface area contributed by atoms with Crippen LogP contribution in [0.15, 0.2) is 0 Å². The molecule has 0 amide bonds. The van der Waals surface area contributed by atoms with E-state index < -0.39 is 0 Å². The van der Waals surface area contributed by atoms with Crippen molar-refractivity contribution in [1.82, 2.24) is 5.32 Å². The minimum atomic E-state index is -0.179. The molecule has 3 atom stereocenters. The van der Waals surface area contributed by atoms with Crippen molar-refractivity contribution in [2.75, 3.05) is 13.6 Å². The van der Waals surface area contributed by atoms with E-state index in [4.69, 9.17) is 0 Å². The Kier molecular flexibility index (Phi) is 3.01. The Bertz CT molecular complexity index is 99.8. The van der Waals surface area contributed by atoms with Crippen LogP contribution < -0.4 is 5.32 Å². The second-order valence-corrected chi connectivity index (χ2v) is 3.69. The molecule has 0 aromatic rings. The monoisotopic (exact) mass is 161 g/mol. The van der Waals surface area contributed by atoms with Crippen LogP contribution in [0.5, 0.6) is 0 Å². The van der Waals surface area contributed by atoms with Crippen molar-refractivity contribution < 1.29 is 5.11 Å². The lowest BCUT2D eigenvalue weighted by molar-refractivity contribution is 0.182. The number of aliphatic hydroxyl groups is 1. The molecule has 0 aromatic heterocycles. The third-order valence-electron chi connectivity index (χ3n) is 2.09. The third kappa shape index (κ3) is 1.87. The molecule has 0 radical (unpaired) electrons. The minimum absolute atomic E-state index is 0.179. The second-order valence-electron chi connectivity index (χ2n) is 3.03. The molecule has 0 spiro atoms. The SMILES string of the molecule is CNC[C@H]1C[C@H](O)[C@@H](S)C1. The maximum absolute atomic E-state index is 9.29. The first-order valence-electron chi connectivity index (χ1n) is 3.74. The average Bonchev–Trinajstić information content (AvgIpc) is 2.14. The van der Waals surface area contributed by atoms with Gasteiger partial charge in [-0.05, 0) is 32.4 Å². The van der Waals surface area contributed by atoms with Crippen molar-refractivity contribution in [2.24, 2.45) is 5.92 Å². The molecule has 0 aliphatic heterocycles. The molecule has 0 aromatic carbocycles. The van der Waals surface area contributed by atoms with E-state index >= 15 is 0 Å². The van der Waals surface area contributed by atoms with Gasteiger partial charge in [-0.1, -0.05) is 0 Å². The number of hydrogen-bond acceptors (Lipinski definition) is 3. The molecule has 1 rings (SSSR count). The Morgan fingerprint density at radius 3 is 2.70 bits per heavy atom. The molecule has 1 saturated carbocycles. The van der Waals surface area contributed by atoms with Crippen LogP contribution in [-0.4, -0.2) is 30.1 Å². The fourth-order valence-corrected chi connectivity index (χ4v) is 1.97. The molecule has 60 valence electrons. The first kappa shape index (κ1) is 8.37. The van der Waals surface area contributed by atoms with Gasteiger partial charge in [-0.15, -0.1) is 0 Å². The van der Waals surface area contributed by atoms with E-state index in [-0.39, 0.29) is 11.4 Å². The van der Waals surface area contributed by atoms with Gasteiger partial charge in [0.15, 0.2) is 0 Å². The fourth-order valence-electron chi connectivity index (χ4n) is 1.55. The van der Waals surface area contributed by atoms with Gasteiger partial charge < -0.3 is 10.4 Å². The summed E-state index contributed by atoms with van der Waals surface area (Å²) in [6.07, 6.45) is 1.78. The first-order chi connectivity index (χ1) is 4.74. The summed E-state index contributed by atoms with van der Waals surface area (Å²) in [7, 11) is 1.94. The predicted octanol–water partition coefficient (Wildman–Crippen LogP) is 0.275. The molecule has 1 aliphatic rings. The van der Waals surface area contributed by atoms with Crippen LogP contribution in [0.4, 0.5) is 0 Å². The van der Waals surface area contributed by atoms with Crippen LogP contribution in [0.3, 0.4) is 0 Å². The summed E-state index contributed by atoms with van der Waals surface area (Å²) in [5.41, 5.74) is 0. The number of aliphatic hydroxyl groups excluding tert-OH is 1. The fraction of sp³-hybridized carbons (Fsp3) is 1.00. The molecule has 2 nitrogen and oxygen atoms in total. The van der Waals surface area contributed by atoms with Gasteiger partial charge in [0.2, 0.25) is 0 Å². The molecule has 2 N–H and O–H groups in total. The lowest BCUT2D eigenvalue weighted by Gasteiger charge is -2.05. The van der Waals surface area contributed by atoms with Crippen LogP contribution in [0, 0.1) is 5.92 Å². The van der Waals surface area contributed by atoms with Crippen LogP contribution in [-0.2, 0) is 0 Å². The third-order valence-corrected chi connectivity index (χ3v) is 2.64. The summed E-state index contributed by atoms with van der Waals surface area (Å²) in [5, 5.41) is 12.6. The van der Waals surface area contributed by atoms with E-state index in [2.05, 4.69) is 17.9 Å². The number of nitrogens with one attached hydrogen (secondary N) is 1. The van der Waals surface area contributed by atoms with Gasteiger partial charge in [-0.3, -0.25) is 0 Å². The topological polar surface area (TPSA) is 32.3 Å².